The van der Waals surface area contributed by atoms with E-state index in [1.807, 2.05) is 33.8 Å². The van der Waals surface area contributed by atoms with Crippen LogP contribution >= 0.6 is 0 Å². The summed E-state index contributed by atoms with van der Waals surface area (Å²) in [6, 6.07) is 1.86. The molecule has 0 fully saturated rings. The van der Waals surface area contributed by atoms with Gasteiger partial charge in [-0.15, -0.1) is 0 Å². The van der Waals surface area contributed by atoms with Crippen LogP contribution < -0.4 is 4.48 Å². The number of nitrogens with zero attached hydrogens (tertiary/aromatic N) is 2. The van der Waals surface area contributed by atoms with Gasteiger partial charge < -0.3 is 0 Å². The average Bonchev–Trinajstić information content (AvgIpc) is 2.26. The molecule has 1 rings (SSSR count). The molecule has 1 heterocycles. The Hall–Kier alpha value is -0.762. The van der Waals surface area contributed by atoms with Gasteiger partial charge in [0.25, 0.3) is 0 Å². The summed E-state index contributed by atoms with van der Waals surface area (Å²) in [6.07, 6.45) is -0.418. The molecule has 0 aliphatic rings. The summed E-state index contributed by atoms with van der Waals surface area (Å²) in [5.41, 5.74) is 0.327. The van der Waals surface area contributed by atoms with Crippen molar-refractivity contribution in [3.63, 3.8) is 0 Å². The molecule has 14 heavy (non-hydrogen) atoms. The van der Waals surface area contributed by atoms with Crippen molar-refractivity contribution in [1.29, 1.82) is 0 Å². The van der Waals surface area contributed by atoms with Crippen LogP contribution in [0.2, 0.25) is 0 Å². The molecular weight excluding hydrogens is 243 g/mol. The van der Waals surface area contributed by atoms with Crippen LogP contribution in [0.3, 0.4) is 0 Å². The molecule has 0 aromatic carbocycles. The fraction of sp³-hybridized carbons (Fsp3) is 0.556. The van der Waals surface area contributed by atoms with Gasteiger partial charge >= 0.3 is 91.8 Å². The van der Waals surface area contributed by atoms with Crippen LogP contribution in [0.4, 0.5) is 4.79 Å². The van der Waals surface area contributed by atoms with E-state index in [2.05, 4.69) is 5.10 Å². The van der Waals surface area contributed by atoms with Gasteiger partial charge in [-0.2, -0.15) is 0 Å². The fourth-order valence-corrected chi connectivity index (χ4v) is 1.74. The topological polar surface area (TPSA) is 44.1 Å². The van der Waals surface area contributed by atoms with Crippen molar-refractivity contribution in [2.75, 3.05) is 0 Å². The third-order valence-corrected chi connectivity index (χ3v) is 2.06. The summed E-state index contributed by atoms with van der Waals surface area (Å²) >= 11 is 1.39. The normalized spacial score (nSPS) is 11.5. The number of hydrogen-bond acceptors (Lipinski definition) is 3. The maximum absolute atomic E-state index is 11.6. The van der Waals surface area contributed by atoms with Gasteiger partial charge in [0, 0.05) is 0 Å². The number of ether oxygens (including phenoxy) is 1. The Bertz CT molecular complexity index is 352. The van der Waals surface area contributed by atoms with Gasteiger partial charge in [0.1, 0.15) is 0 Å². The minimum atomic E-state index is -0.478. The van der Waals surface area contributed by atoms with Gasteiger partial charge in [0.2, 0.25) is 0 Å². The quantitative estimate of drug-likeness (QED) is 0.626. The summed E-state index contributed by atoms with van der Waals surface area (Å²) in [5, 5.41) is 4.06. The van der Waals surface area contributed by atoms with E-state index in [4.69, 9.17) is 4.74 Å². The maximum atomic E-state index is 11.6. The zero-order valence-corrected chi connectivity index (χ0v) is 11.3. The van der Waals surface area contributed by atoms with E-state index >= 15 is 0 Å². The summed E-state index contributed by atoms with van der Waals surface area (Å²) in [5.74, 6) is 0. The second-order valence-electron chi connectivity index (χ2n) is 4.10. The Morgan fingerprint density at radius 3 is 2.50 bits per heavy atom. The Balaban J connectivity index is 2.85. The van der Waals surface area contributed by atoms with Gasteiger partial charge in [0.15, 0.2) is 0 Å². The molecule has 78 valence electrons. The standard InChI is InChI=1S/C9H15AsN2O2/c1-6-5-7(10)11-12(6)8(13)14-9(2,3)4/h5H,10H2,1-4H3. The molecule has 0 saturated carbocycles. The van der Waals surface area contributed by atoms with Gasteiger partial charge in [-0.05, 0) is 0 Å². The first-order chi connectivity index (χ1) is 6.29. The monoisotopic (exact) mass is 258 g/mol. The number of carbonyl (C=O) groups excluding carboxylic acids is 1. The Morgan fingerprint density at radius 1 is 1.57 bits per heavy atom. The van der Waals surface area contributed by atoms with Gasteiger partial charge in [-0.25, -0.2) is 0 Å². The minimum absolute atomic E-state index is 0.418. The van der Waals surface area contributed by atoms with Crippen molar-refractivity contribution in [1.82, 2.24) is 9.78 Å². The van der Waals surface area contributed by atoms with Crippen LogP contribution in [0.1, 0.15) is 26.5 Å². The van der Waals surface area contributed by atoms with Crippen LogP contribution in [-0.4, -0.2) is 38.3 Å². The molecule has 1 atom stereocenters. The molecule has 0 amide bonds. The number of hydrogen-bond donors (Lipinski definition) is 0. The van der Waals surface area contributed by atoms with E-state index in [9.17, 15) is 4.79 Å². The summed E-state index contributed by atoms with van der Waals surface area (Å²) in [7, 11) is 0. The second-order valence-corrected chi connectivity index (χ2v) is 5.34. The summed E-state index contributed by atoms with van der Waals surface area (Å²) < 4.78 is 7.36. The summed E-state index contributed by atoms with van der Waals surface area (Å²) in [6.45, 7) is 7.33. The summed E-state index contributed by atoms with van der Waals surface area (Å²) in [4.78, 5) is 11.6. The Labute approximate surface area is 92.1 Å². The number of rotatable bonds is 0. The Kier molecular flexibility index (Phi) is 3.05. The zero-order valence-electron chi connectivity index (χ0n) is 8.87. The van der Waals surface area contributed by atoms with Crippen molar-refractivity contribution in [2.45, 2.75) is 33.3 Å². The predicted molar refractivity (Wildman–Crippen MR) is 56.8 cm³/mol. The van der Waals surface area contributed by atoms with Gasteiger partial charge in [0.05, 0.1) is 0 Å². The molecule has 1 aromatic heterocycles. The average molecular weight is 258 g/mol. The molecule has 4 nitrogen and oxygen atoms in total. The van der Waals surface area contributed by atoms with Crippen LogP contribution in [0, 0.1) is 6.92 Å². The van der Waals surface area contributed by atoms with Crippen molar-refractivity contribution in [3.05, 3.63) is 11.8 Å². The van der Waals surface area contributed by atoms with E-state index in [0.29, 0.717) is 0 Å². The number of carbonyl (C=O) groups is 1. The predicted octanol–water partition coefficient (Wildman–Crippen LogP) is 0.233. The van der Waals surface area contributed by atoms with Crippen LogP contribution in [0.25, 0.3) is 0 Å². The molecule has 0 aliphatic heterocycles. The SMILES string of the molecule is Cc1cc([AsH2])nn1C(=O)OC(C)(C)C. The number of aryl methyl sites for hydroxylation is 1. The molecular formula is C9H15AsN2O2. The van der Waals surface area contributed by atoms with E-state index in [1.54, 1.807) is 0 Å². The third-order valence-electron chi connectivity index (χ3n) is 1.47. The molecule has 0 N–H and O–H groups in total. The van der Waals surface area contributed by atoms with Crippen LogP contribution in [-0.2, 0) is 4.74 Å². The number of aromatic nitrogens is 2. The molecule has 0 aliphatic carbocycles. The first-order valence-electron chi connectivity index (χ1n) is 4.35. The molecule has 1 aromatic rings. The molecule has 0 radical (unpaired) electrons. The Morgan fingerprint density at radius 2 is 2.14 bits per heavy atom. The van der Waals surface area contributed by atoms with Crippen LogP contribution in [0.5, 0.6) is 0 Å². The van der Waals surface area contributed by atoms with E-state index in [1.165, 1.54) is 21.5 Å². The third kappa shape index (κ3) is 2.88. The van der Waals surface area contributed by atoms with Crippen molar-refractivity contribution in [2.24, 2.45) is 0 Å². The first-order valence-corrected chi connectivity index (χ1v) is 5.56. The first kappa shape index (κ1) is 11.3. The van der Waals surface area contributed by atoms with E-state index in [0.717, 1.165) is 10.2 Å². The molecule has 5 heteroatoms. The van der Waals surface area contributed by atoms with E-state index in [-0.39, 0.29) is 0 Å². The second kappa shape index (κ2) is 3.77. The van der Waals surface area contributed by atoms with Crippen LogP contribution in [0.15, 0.2) is 6.07 Å². The fourth-order valence-electron chi connectivity index (χ4n) is 0.988. The molecule has 0 bridgehead atoms. The van der Waals surface area contributed by atoms with Crippen molar-refractivity contribution in [3.8, 4) is 0 Å². The molecule has 0 spiro atoms. The van der Waals surface area contributed by atoms with E-state index < -0.39 is 11.7 Å². The van der Waals surface area contributed by atoms with Gasteiger partial charge in [-0.3, -0.25) is 0 Å². The van der Waals surface area contributed by atoms with Crippen molar-refractivity contribution < 1.29 is 9.53 Å². The molecule has 0 saturated heterocycles. The zero-order chi connectivity index (χ0) is 10.9. The van der Waals surface area contributed by atoms with Crippen molar-refractivity contribution >= 4 is 27.4 Å². The molecule has 1 unspecified atom stereocenters. The van der Waals surface area contributed by atoms with Gasteiger partial charge in [-0.1, -0.05) is 0 Å².